The summed E-state index contributed by atoms with van der Waals surface area (Å²) in [5, 5.41) is 13.4. The molecule has 0 radical (unpaired) electrons. The first-order valence-electron chi connectivity index (χ1n) is 4.25. The summed E-state index contributed by atoms with van der Waals surface area (Å²) in [6.45, 7) is 4.89. The second kappa shape index (κ2) is 2.19. The molecule has 2 aliphatic rings. The van der Waals surface area contributed by atoms with Crippen LogP contribution in [0.2, 0.25) is 0 Å². The van der Waals surface area contributed by atoms with Crippen molar-refractivity contribution < 1.29 is 5.11 Å². The van der Waals surface area contributed by atoms with Gasteiger partial charge in [-0.15, -0.1) is 0 Å². The molecule has 2 N–H and O–H groups in total. The number of hydrogen-bond acceptors (Lipinski definition) is 3. The van der Waals surface area contributed by atoms with Gasteiger partial charge in [-0.05, 0) is 14.0 Å². The van der Waals surface area contributed by atoms with Crippen molar-refractivity contribution >= 4 is 0 Å². The predicted molar refractivity (Wildman–Crippen MR) is 43.4 cm³/mol. The third kappa shape index (κ3) is 0.916. The maximum Gasteiger partial charge on any atom is 0.0838 e. The Morgan fingerprint density at radius 1 is 1.55 bits per heavy atom. The number of nitrogens with zero attached hydrogens (tertiary/aromatic N) is 1. The summed E-state index contributed by atoms with van der Waals surface area (Å²) < 4.78 is 0. The van der Waals surface area contributed by atoms with Crippen molar-refractivity contribution in [2.75, 3.05) is 26.7 Å². The lowest BCUT2D eigenvalue weighted by Crippen LogP contribution is -2.55. The van der Waals surface area contributed by atoms with E-state index in [1.165, 1.54) is 0 Å². The average molecular weight is 156 g/mol. The predicted octanol–water partition coefficient (Wildman–Crippen LogP) is -0.729. The fraction of sp³-hybridized carbons (Fsp3) is 1.00. The molecule has 3 unspecified atom stereocenters. The van der Waals surface area contributed by atoms with Crippen molar-refractivity contribution in [2.45, 2.75) is 18.6 Å². The van der Waals surface area contributed by atoms with Crippen LogP contribution in [-0.2, 0) is 0 Å². The molecule has 3 heteroatoms. The van der Waals surface area contributed by atoms with Crippen LogP contribution in [0.25, 0.3) is 0 Å². The van der Waals surface area contributed by atoms with Gasteiger partial charge >= 0.3 is 0 Å². The largest absolute Gasteiger partial charge is 0.388 e. The van der Waals surface area contributed by atoms with Gasteiger partial charge in [0.1, 0.15) is 0 Å². The highest BCUT2D eigenvalue weighted by Crippen LogP contribution is 2.34. The molecule has 0 spiro atoms. The summed E-state index contributed by atoms with van der Waals surface area (Å²) in [6.07, 6.45) is 0. The maximum atomic E-state index is 10.1. The smallest absolute Gasteiger partial charge is 0.0838 e. The van der Waals surface area contributed by atoms with Crippen LogP contribution in [0, 0.1) is 5.92 Å². The van der Waals surface area contributed by atoms with Crippen LogP contribution in [0.15, 0.2) is 0 Å². The SMILES string of the molecule is CN1CC2CNCC1C2(C)O. The van der Waals surface area contributed by atoms with Gasteiger partial charge in [0, 0.05) is 25.6 Å². The number of aliphatic hydroxyl groups is 1. The minimum atomic E-state index is -0.458. The van der Waals surface area contributed by atoms with Crippen molar-refractivity contribution in [1.82, 2.24) is 10.2 Å². The van der Waals surface area contributed by atoms with E-state index < -0.39 is 5.60 Å². The quantitative estimate of drug-likeness (QED) is 0.485. The molecule has 64 valence electrons. The second-order valence-electron chi connectivity index (χ2n) is 4.04. The Labute approximate surface area is 67.4 Å². The Balaban J connectivity index is 2.25. The van der Waals surface area contributed by atoms with Gasteiger partial charge in [-0.3, -0.25) is 4.90 Å². The number of piperidine rings is 1. The van der Waals surface area contributed by atoms with Gasteiger partial charge in [-0.2, -0.15) is 0 Å². The molecule has 0 saturated carbocycles. The van der Waals surface area contributed by atoms with E-state index >= 15 is 0 Å². The first-order valence-corrected chi connectivity index (χ1v) is 4.25. The summed E-state index contributed by atoms with van der Waals surface area (Å²) in [6, 6.07) is 0.321. The highest BCUT2D eigenvalue weighted by molar-refractivity contribution is 5.06. The summed E-state index contributed by atoms with van der Waals surface area (Å²) in [7, 11) is 2.09. The van der Waals surface area contributed by atoms with Crippen LogP contribution in [0.1, 0.15) is 6.92 Å². The molecule has 2 fully saturated rings. The number of nitrogens with one attached hydrogen (secondary N) is 1. The van der Waals surface area contributed by atoms with Crippen molar-refractivity contribution in [3.8, 4) is 0 Å². The second-order valence-corrected chi connectivity index (χ2v) is 4.04. The Kier molecular flexibility index (Phi) is 1.50. The van der Waals surface area contributed by atoms with E-state index in [9.17, 15) is 5.11 Å². The zero-order chi connectivity index (χ0) is 8.06. The molecule has 3 nitrogen and oxygen atoms in total. The minimum absolute atomic E-state index is 0.321. The van der Waals surface area contributed by atoms with Gasteiger partial charge in [-0.1, -0.05) is 0 Å². The van der Waals surface area contributed by atoms with E-state index in [4.69, 9.17) is 0 Å². The molecular formula is C8H16N2O. The Morgan fingerprint density at radius 3 is 2.82 bits per heavy atom. The van der Waals surface area contributed by atoms with Crippen LogP contribution in [0.5, 0.6) is 0 Å². The molecule has 11 heavy (non-hydrogen) atoms. The van der Waals surface area contributed by atoms with Gasteiger partial charge in [0.15, 0.2) is 0 Å². The zero-order valence-corrected chi connectivity index (χ0v) is 7.17. The number of likely N-dealkylation sites (N-methyl/N-ethyl adjacent to an activating group) is 1. The Morgan fingerprint density at radius 2 is 2.27 bits per heavy atom. The monoisotopic (exact) mass is 156 g/mol. The topological polar surface area (TPSA) is 35.5 Å². The van der Waals surface area contributed by atoms with Crippen LogP contribution in [0.3, 0.4) is 0 Å². The first kappa shape index (κ1) is 7.53. The van der Waals surface area contributed by atoms with Crippen molar-refractivity contribution in [2.24, 2.45) is 5.92 Å². The molecule has 3 atom stereocenters. The summed E-state index contributed by atoms with van der Waals surface area (Å²) in [5.41, 5.74) is -0.458. The lowest BCUT2D eigenvalue weighted by Gasteiger charge is -2.36. The normalized spacial score (nSPS) is 51.5. The lowest BCUT2D eigenvalue weighted by atomic mass is 9.84. The van der Waals surface area contributed by atoms with Crippen LogP contribution in [-0.4, -0.2) is 48.3 Å². The molecule has 2 saturated heterocycles. The van der Waals surface area contributed by atoms with Crippen LogP contribution >= 0.6 is 0 Å². The van der Waals surface area contributed by atoms with Crippen LogP contribution in [0.4, 0.5) is 0 Å². The van der Waals surface area contributed by atoms with E-state index in [0.29, 0.717) is 12.0 Å². The summed E-state index contributed by atoms with van der Waals surface area (Å²) >= 11 is 0. The highest BCUT2D eigenvalue weighted by atomic mass is 16.3. The Bertz CT molecular complexity index is 169. The van der Waals surface area contributed by atoms with Crippen LogP contribution < -0.4 is 5.32 Å². The highest BCUT2D eigenvalue weighted by Gasteiger charge is 2.50. The molecular weight excluding hydrogens is 140 g/mol. The Hall–Kier alpha value is -0.120. The third-order valence-electron chi connectivity index (χ3n) is 3.27. The lowest BCUT2D eigenvalue weighted by molar-refractivity contribution is -0.0201. The standard InChI is InChI=1S/C8H16N2O/c1-8(11)6-3-9-4-7(8)10(2)5-6/h6-7,9,11H,3-5H2,1-2H3. The van der Waals surface area contributed by atoms with E-state index in [1.807, 2.05) is 6.92 Å². The van der Waals surface area contributed by atoms with E-state index in [-0.39, 0.29) is 0 Å². The molecule has 0 aromatic heterocycles. The molecule has 2 heterocycles. The number of hydrogen-bond donors (Lipinski definition) is 2. The van der Waals surface area contributed by atoms with Gasteiger partial charge in [-0.25, -0.2) is 0 Å². The van der Waals surface area contributed by atoms with Crippen molar-refractivity contribution in [3.05, 3.63) is 0 Å². The maximum absolute atomic E-state index is 10.1. The number of rotatable bonds is 0. The van der Waals surface area contributed by atoms with Crippen molar-refractivity contribution in [1.29, 1.82) is 0 Å². The summed E-state index contributed by atoms with van der Waals surface area (Å²) in [5.74, 6) is 0.422. The molecule has 2 rings (SSSR count). The molecule has 0 aromatic carbocycles. The minimum Gasteiger partial charge on any atom is -0.388 e. The first-order chi connectivity index (χ1) is 5.12. The average Bonchev–Trinajstić information content (AvgIpc) is 2.15. The van der Waals surface area contributed by atoms with Gasteiger partial charge in [0.25, 0.3) is 0 Å². The molecule has 0 amide bonds. The van der Waals surface area contributed by atoms with E-state index in [1.54, 1.807) is 0 Å². The fourth-order valence-electron chi connectivity index (χ4n) is 2.41. The third-order valence-corrected chi connectivity index (χ3v) is 3.27. The van der Waals surface area contributed by atoms with E-state index in [2.05, 4.69) is 17.3 Å². The zero-order valence-electron chi connectivity index (χ0n) is 7.17. The fourth-order valence-corrected chi connectivity index (χ4v) is 2.41. The van der Waals surface area contributed by atoms with E-state index in [0.717, 1.165) is 19.6 Å². The molecule has 0 aromatic rings. The molecule has 2 bridgehead atoms. The molecule has 2 aliphatic heterocycles. The number of fused-ring (bicyclic) bond motifs is 2. The van der Waals surface area contributed by atoms with Crippen molar-refractivity contribution in [3.63, 3.8) is 0 Å². The van der Waals surface area contributed by atoms with Gasteiger partial charge in [0.05, 0.1) is 11.6 Å². The van der Waals surface area contributed by atoms with Gasteiger partial charge in [0.2, 0.25) is 0 Å². The summed E-state index contributed by atoms with van der Waals surface area (Å²) in [4.78, 5) is 2.25. The molecule has 0 aliphatic carbocycles. The number of likely N-dealkylation sites (tertiary alicyclic amines) is 1. The van der Waals surface area contributed by atoms with Gasteiger partial charge < -0.3 is 10.4 Å².